The number of allylic oxidation sites excluding steroid dienone is 1. The molecule has 1 atom stereocenters. The first-order valence-corrected chi connectivity index (χ1v) is 14.8. The minimum absolute atomic E-state index is 0. The molecule has 0 amide bonds. The van der Waals surface area contributed by atoms with E-state index < -0.39 is 0 Å². The van der Waals surface area contributed by atoms with Crippen LogP contribution in [-0.2, 0) is 19.2 Å². The van der Waals surface area contributed by atoms with Crippen LogP contribution in [0.4, 0.5) is 0 Å². The Hall–Kier alpha value is -0.876. The van der Waals surface area contributed by atoms with Crippen molar-refractivity contribution in [2.24, 2.45) is 0 Å². The van der Waals surface area contributed by atoms with Gasteiger partial charge < -0.3 is 24.8 Å². The predicted octanol–water partition coefficient (Wildman–Crippen LogP) is 2.24. The molecule has 0 fully saturated rings. The second-order valence-corrected chi connectivity index (χ2v) is 13.2. The fourth-order valence-corrected chi connectivity index (χ4v) is 11.9. The van der Waals surface area contributed by atoms with Crippen molar-refractivity contribution in [3.05, 3.63) is 100 Å². The van der Waals surface area contributed by atoms with Gasteiger partial charge in [-0.1, -0.05) is 0 Å². The summed E-state index contributed by atoms with van der Waals surface area (Å²) in [5.41, 5.74) is 9.23. The van der Waals surface area contributed by atoms with Crippen molar-refractivity contribution < 1.29 is 44.0 Å². The van der Waals surface area contributed by atoms with Gasteiger partial charge in [-0.3, -0.25) is 0 Å². The van der Waals surface area contributed by atoms with E-state index in [4.69, 9.17) is 0 Å². The number of fused-ring (bicyclic) bond motifs is 4. The van der Waals surface area contributed by atoms with Gasteiger partial charge in [0.2, 0.25) is 0 Å². The summed E-state index contributed by atoms with van der Waals surface area (Å²) in [4.78, 5) is 0. The van der Waals surface area contributed by atoms with Gasteiger partial charge in [0, 0.05) is 0 Å². The van der Waals surface area contributed by atoms with Crippen LogP contribution in [0, 0.1) is 0 Å². The van der Waals surface area contributed by atoms with Gasteiger partial charge >= 0.3 is 192 Å². The van der Waals surface area contributed by atoms with Crippen LogP contribution >= 0.6 is 7.92 Å². The fourth-order valence-electron chi connectivity index (χ4n) is 5.17. The van der Waals surface area contributed by atoms with Crippen LogP contribution in [0.25, 0.3) is 17.2 Å². The number of benzene rings is 3. The van der Waals surface area contributed by atoms with Crippen molar-refractivity contribution in [1.82, 2.24) is 0 Å². The van der Waals surface area contributed by atoms with Gasteiger partial charge in [-0.2, -0.15) is 0 Å². The molecule has 0 N–H and O–H groups in total. The summed E-state index contributed by atoms with van der Waals surface area (Å²) >= 11 is -0.275. The van der Waals surface area contributed by atoms with Crippen molar-refractivity contribution in [2.75, 3.05) is 12.3 Å². The maximum Gasteiger partial charge on any atom is -1.00 e. The second-order valence-electron chi connectivity index (χ2n) is 8.39. The summed E-state index contributed by atoms with van der Waals surface area (Å²) in [7, 11) is -0.0101. The van der Waals surface area contributed by atoms with E-state index in [1.165, 1.54) is 41.9 Å². The Bertz CT molecular complexity index is 1040. The molecule has 1 unspecified atom stereocenters. The zero-order chi connectivity index (χ0) is 20.5. The average Bonchev–Trinajstić information content (AvgIpc) is 3.31. The third-order valence-electron chi connectivity index (χ3n) is 6.43. The van der Waals surface area contributed by atoms with E-state index in [0.29, 0.717) is 8.45 Å². The Morgan fingerprint density at radius 2 is 1.16 bits per heavy atom. The fraction of sp³-hybridized carbons (Fsp3) is 0.286. The van der Waals surface area contributed by atoms with Gasteiger partial charge in [0.05, 0.1) is 0 Å². The average molecular weight is 515 g/mol. The molecule has 32 heavy (non-hydrogen) atoms. The molecule has 0 aliphatic heterocycles. The molecular weight excluding hydrogens is 486 g/mol. The molecule has 4 heteroatoms. The van der Waals surface area contributed by atoms with Crippen molar-refractivity contribution >= 4 is 14.0 Å². The number of halogens is 2. The summed E-state index contributed by atoms with van der Waals surface area (Å²) < 4.78 is 1.31. The topological polar surface area (TPSA) is 0 Å². The van der Waals surface area contributed by atoms with E-state index in [9.17, 15) is 0 Å². The molecular formula is C28H29Cl2PTi. The van der Waals surface area contributed by atoms with E-state index in [1.54, 1.807) is 16.7 Å². The van der Waals surface area contributed by atoms with Crippen molar-refractivity contribution in [3.8, 4) is 11.1 Å². The van der Waals surface area contributed by atoms with E-state index >= 15 is 0 Å². The van der Waals surface area contributed by atoms with Crippen LogP contribution in [0.5, 0.6) is 0 Å². The molecule has 164 valence electrons. The predicted molar refractivity (Wildman–Crippen MR) is 128 cm³/mol. The van der Waals surface area contributed by atoms with E-state index in [-0.39, 0.29) is 51.9 Å². The van der Waals surface area contributed by atoms with Crippen LogP contribution in [0.3, 0.4) is 0 Å². The Labute approximate surface area is 215 Å². The van der Waals surface area contributed by atoms with E-state index in [0.717, 1.165) is 0 Å². The standard InChI is InChI=1S/C15H20P.C13H9.2ClH.Ti/c1-3-9-16(10-4-2)15-11-13-7-5-6-8-14(13)12-15;1-3-7-12-10(5-1)9-11-6-2-4-8-13(11)12;;;/h5-8,11-12H,3-4,9-10H2,1-2H3;1-9H;2*1H;/q;;;;+2/p-2. The largest absolute Gasteiger partial charge is 1.00 e. The number of hydrogen-bond donors (Lipinski definition) is 0. The third-order valence-corrected chi connectivity index (χ3v) is 12.9. The number of rotatable bonds is 7. The Kier molecular flexibility index (Phi) is 9.26. The Morgan fingerprint density at radius 3 is 1.72 bits per heavy atom. The summed E-state index contributed by atoms with van der Waals surface area (Å²) in [6, 6.07) is 27.6. The zero-order valence-electron chi connectivity index (χ0n) is 18.7. The molecule has 0 saturated carbocycles. The third kappa shape index (κ3) is 4.68. The minimum atomic E-state index is -0.275. The summed E-state index contributed by atoms with van der Waals surface area (Å²) in [5.74, 6) is 0. The Morgan fingerprint density at radius 1 is 0.656 bits per heavy atom. The first kappa shape index (κ1) is 25.7. The quantitative estimate of drug-likeness (QED) is 0.335. The molecule has 2 aliphatic carbocycles. The van der Waals surface area contributed by atoms with Crippen molar-refractivity contribution in [2.45, 2.75) is 35.1 Å². The maximum absolute atomic E-state index is 2.60. The molecule has 0 heterocycles. The molecule has 3 aromatic rings. The van der Waals surface area contributed by atoms with Crippen LogP contribution in [0.15, 0.2) is 78.1 Å². The molecule has 2 aliphatic rings. The SMILES string of the molecule is CCCP(CCC)C1=Cc2ccccc2[CH]1[Ti+2][CH]1c2ccccc2-c2ccccc21.[Cl-].[Cl-]. The van der Waals surface area contributed by atoms with Gasteiger partial charge in [0.1, 0.15) is 0 Å². The van der Waals surface area contributed by atoms with E-state index in [2.05, 4.69) is 92.7 Å². The van der Waals surface area contributed by atoms with Gasteiger partial charge in [-0.15, -0.1) is 0 Å². The Balaban J connectivity index is 0.00000144. The van der Waals surface area contributed by atoms with Crippen LogP contribution in [-0.4, -0.2) is 12.3 Å². The van der Waals surface area contributed by atoms with Gasteiger partial charge in [0.15, 0.2) is 0 Å². The van der Waals surface area contributed by atoms with Crippen LogP contribution in [0.2, 0.25) is 0 Å². The molecule has 5 rings (SSSR count). The number of hydrogen-bond acceptors (Lipinski definition) is 0. The van der Waals surface area contributed by atoms with Crippen LogP contribution in [0.1, 0.15) is 57.4 Å². The summed E-state index contributed by atoms with van der Waals surface area (Å²) in [6.45, 7) is 4.73. The zero-order valence-corrected chi connectivity index (χ0v) is 22.7. The summed E-state index contributed by atoms with van der Waals surface area (Å²) in [6.07, 6.45) is 8.00. The van der Waals surface area contributed by atoms with Gasteiger partial charge in [-0.05, 0) is 0 Å². The molecule has 0 radical (unpaired) electrons. The molecule has 3 aromatic carbocycles. The smallest absolute Gasteiger partial charge is 1.00 e. The van der Waals surface area contributed by atoms with Crippen molar-refractivity contribution in [3.63, 3.8) is 0 Å². The molecule has 0 spiro atoms. The molecule has 0 saturated heterocycles. The second kappa shape index (κ2) is 11.5. The maximum atomic E-state index is 2.60. The van der Waals surface area contributed by atoms with Crippen LogP contribution < -0.4 is 24.8 Å². The van der Waals surface area contributed by atoms with Crippen molar-refractivity contribution in [1.29, 1.82) is 0 Å². The normalized spacial score (nSPS) is 15.7. The monoisotopic (exact) mass is 514 g/mol. The molecule has 0 nitrogen and oxygen atoms in total. The van der Waals surface area contributed by atoms with E-state index in [1.807, 2.05) is 5.31 Å². The minimum Gasteiger partial charge on any atom is -1.00 e. The molecule has 0 bridgehead atoms. The molecule has 0 aromatic heterocycles. The van der Waals surface area contributed by atoms with Gasteiger partial charge in [-0.25, -0.2) is 0 Å². The first-order chi connectivity index (χ1) is 14.8. The first-order valence-electron chi connectivity index (χ1n) is 11.3. The summed E-state index contributed by atoms with van der Waals surface area (Å²) in [5, 5.41) is 1.82. The van der Waals surface area contributed by atoms with Gasteiger partial charge in [0.25, 0.3) is 0 Å².